The van der Waals surface area contributed by atoms with E-state index in [1.54, 1.807) is 0 Å². The number of rotatable bonds is 7. The van der Waals surface area contributed by atoms with E-state index >= 15 is 0 Å². The molecule has 1 heterocycles. The van der Waals surface area contributed by atoms with Crippen LogP contribution in [0.5, 0.6) is 0 Å². The van der Waals surface area contributed by atoms with Gasteiger partial charge in [-0.05, 0) is 30.7 Å². The zero-order valence-electron chi connectivity index (χ0n) is 16.5. The summed E-state index contributed by atoms with van der Waals surface area (Å²) in [5, 5.41) is 2.74. The first kappa shape index (κ1) is 20.2. The molecule has 144 valence electrons. The van der Waals surface area contributed by atoms with Crippen LogP contribution in [-0.2, 0) is 33.7 Å². The third-order valence-electron chi connectivity index (χ3n) is 4.99. The molecule has 0 fully saturated rings. The molecule has 0 unspecified atom stereocenters. The van der Waals surface area contributed by atoms with Crippen molar-refractivity contribution >= 4 is 17.7 Å². The van der Waals surface area contributed by atoms with Crippen molar-refractivity contribution in [1.29, 1.82) is 0 Å². The lowest BCUT2D eigenvalue weighted by Crippen LogP contribution is -2.30. The van der Waals surface area contributed by atoms with Gasteiger partial charge in [-0.3, -0.25) is 14.4 Å². The molecule has 1 aliphatic carbocycles. The molecule has 1 aromatic rings. The Hall–Kier alpha value is -2.11. The van der Waals surface area contributed by atoms with Gasteiger partial charge in [-0.2, -0.15) is 0 Å². The highest BCUT2D eigenvalue weighted by atomic mass is 16.5. The predicted molar refractivity (Wildman–Crippen MR) is 99.2 cm³/mol. The molecule has 0 atom stereocenters. The number of esters is 1. The van der Waals surface area contributed by atoms with Crippen molar-refractivity contribution in [3.05, 3.63) is 22.5 Å². The van der Waals surface area contributed by atoms with Crippen molar-refractivity contribution in [2.24, 2.45) is 5.41 Å². The number of ether oxygens (including phenoxy) is 1. The summed E-state index contributed by atoms with van der Waals surface area (Å²) < 4.78 is 6.78. The maximum atomic E-state index is 12.8. The van der Waals surface area contributed by atoms with Gasteiger partial charge in [0, 0.05) is 36.5 Å². The van der Waals surface area contributed by atoms with E-state index in [1.807, 2.05) is 6.92 Å². The number of hydrogen-bond donors (Lipinski definition) is 1. The molecule has 0 spiro atoms. The Morgan fingerprint density at radius 3 is 2.58 bits per heavy atom. The number of nitrogens with zero attached hydrogens (tertiary/aromatic N) is 1. The van der Waals surface area contributed by atoms with Crippen molar-refractivity contribution in [3.8, 4) is 0 Å². The summed E-state index contributed by atoms with van der Waals surface area (Å²) in [6.45, 7) is 9.42. The number of amides is 1. The molecule has 0 aromatic carbocycles. The Morgan fingerprint density at radius 1 is 1.27 bits per heavy atom. The molecule has 2 rings (SSSR count). The molecule has 0 saturated carbocycles. The molecule has 6 heteroatoms. The standard InChI is InChI=1S/C20H30N2O4/c1-6-9-22-13(2)14(10-17(24)21-8-7-18(25)26-5)19-15(22)11-20(3,4)12-16(19)23/h6-12H2,1-5H3,(H,21,24). The van der Waals surface area contributed by atoms with Gasteiger partial charge in [0.2, 0.25) is 5.91 Å². The SMILES string of the molecule is CCCn1c(C)c(CC(=O)NCCC(=O)OC)c2c1CC(C)(C)CC2=O. The lowest BCUT2D eigenvalue weighted by molar-refractivity contribution is -0.140. The summed E-state index contributed by atoms with van der Waals surface area (Å²) in [5.74, 6) is -0.400. The average molecular weight is 362 g/mol. The van der Waals surface area contributed by atoms with Crippen LogP contribution >= 0.6 is 0 Å². The van der Waals surface area contributed by atoms with Gasteiger partial charge >= 0.3 is 5.97 Å². The fourth-order valence-corrected chi connectivity index (χ4v) is 3.78. The van der Waals surface area contributed by atoms with E-state index in [-0.39, 0.29) is 42.5 Å². The molecule has 1 amide bonds. The van der Waals surface area contributed by atoms with Crippen LogP contribution in [0.1, 0.15) is 67.3 Å². The summed E-state index contributed by atoms with van der Waals surface area (Å²) in [6, 6.07) is 0. The van der Waals surface area contributed by atoms with Gasteiger partial charge in [0.15, 0.2) is 5.78 Å². The second kappa shape index (κ2) is 8.06. The number of methoxy groups -OCH3 is 1. The van der Waals surface area contributed by atoms with E-state index in [4.69, 9.17) is 0 Å². The van der Waals surface area contributed by atoms with Gasteiger partial charge in [-0.15, -0.1) is 0 Å². The lowest BCUT2D eigenvalue weighted by atomic mass is 9.75. The average Bonchev–Trinajstić information content (AvgIpc) is 2.79. The number of fused-ring (bicyclic) bond motifs is 1. The van der Waals surface area contributed by atoms with Gasteiger partial charge in [0.05, 0.1) is 20.0 Å². The van der Waals surface area contributed by atoms with Crippen LogP contribution in [0.15, 0.2) is 0 Å². The number of aromatic nitrogens is 1. The quantitative estimate of drug-likeness (QED) is 0.756. The molecule has 0 aliphatic heterocycles. The second-order valence-corrected chi connectivity index (χ2v) is 7.83. The molecule has 0 bridgehead atoms. The number of carbonyl (C=O) groups is 3. The van der Waals surface area contributed by atoms with Crippen LogP contribution in [0.2, 0.25) is 0 Å². The fourth-order valence-electron chi connectivity index (χ4n) is 3.78. The van der Waals surface area contributed by atoms with Gasteiger partial charge in [-0.25, -0.2) is 0 Å². The van der Waals surface area contributed by atoms with E-state index in [0.29, 0.717) is 6.42 Å². The highest BCUT2D eigenvalue weighted by Crippen LogP contribution is 2.38. The Kier molecular flexibility index (Phi) is 6.26. The fraction of sp³-hybridized carbons (Fsp3) is 0.650. The number of ketones is 1. The zero-order chi connectivity index (χ0) is 19.5. The van der Waals surface area contributed by atoms with Crippen LogP contribution in [0.3, 0.4) is 0 Å². The van der Waals surface area contributed by atoms with Crippen molar-refractivity contribution in [2.45, 2.75) is 66.3 Å². The molecule has 1 N–H and O–H groups in total. The lowest BCUT2D eigenvalue weighted by Gasteiger charge is -2.30. The number of nitrogens with one attached hydrogen (secondary N) is 1. The topological polar surface area (TPSA) is 77.4 Å². The highest BCUT2D eigenvalue weighted by Gasteiger charge is 2.36. The number of hydrogen-bond acceptors (Lipinski definition) is 4. The number of carbonyl (C=O) groups excluding carboxylic acids is 3. The van der Waals surface area contributed by atoms with Gasteiger partial charge in [0.25, 0.3) is 0 Å². The third-order valence-corrected chi connectivity index (χ3v) is 4.99. The van der Waals surface area contributed by atoms with Crippen LogP contribution in [0.4, 0.5) is 0 Å². The minimum absolute atomic E-state index is 0.0551. The molecule has 0 radical (unpaired) electrons. The Bertz CT molecular complexity index is 716. The van der Waals surface area contributed by atoms with E-state index in [0.717, 1.165) is 41.9 Å². The molecular weight excluding hydrogens is 332 g/mol. The normalized spacial score (nSPS) is 15.5. The summed E-state index contributed by atoms with van der Waals surface area (Å²) in [6.07, 6.45) is 2.63. The molecule has 1 aliphatic rings. The smallest absolute Gasteiger partial charge is 0.307 e. The highest BCUT2D eigenvalue weighted by molar-refractivity contribution is 6.01. The van der Waals surface area contributed by atoms with Gasteiger partial charge < -0.3 is 14.6 Å². The van der Waals surface area contributed by atoms with E-state index in [1.165, 1.54) is 7.11 Å². The largest absolute Gasteiger partial charge is 0.469 e. The van der Waals surface area contributed by atoms with Crippen LogP contribution in [0, 0.1) is 12.3 Å². The monoisotopic (exact) mass is 362 g/mol. The predicted octanol–water partition coefficient (Wildman–Crippen LogP) is 2.58. The van der Waals surface area contributed by atoms with E-state index in [9.17, 15) is 14.4 Å². The molecule has 0 saturated heterocycles. The van der Waals surface area contributed by atoms with Crippen molar-refractivity contribution in [3.63, 3.8) is 0 Å². The first-order valence-electron chi connectivity index (χ1n) is 9.27. The summed E-state index contributed by atoms with van der Waals surface area (Å²) >= 11 is 0. The Morgan fingerprint density at radius 2 is 1.96 bits per heavy atom. The maximum absolute atomic E-state index is 12.8. The summed E-state index contributed by atoms with van der Waals surface area (Å²) in [4.78, 5) is 36.3. The Labute approximate surface area is 155 Å². The second-order valence-electron chi connectivity index (χ2n) is 7.83. The molecule has 26 heavy (non-hydrogen) atoms. The van der Waals surface area contributed by atoms with Crippen LogP contribution < -0.4 is 5.32 Å². The molecule has 6 nitrogen and oxygen atoms in total. The van der Waals surface area contributed by atoms with Gasteiger partial charge in [-0.1, -0.05) is 20.8 Å². The van der Waals surface area contributed by atoms with Crippen LogP contribution in [-0.4, -0.2) is 35.9 Å². The first-order chi connectivity index (χ1) is 12.2. The van der Waals surface area contributed by atoms with E-state index < -0.39 is 0 Å². The van der Waals surface area contributed by atoms with Gasteiger partial charge in [0.1, 0.15) is 0 Å². The number of Topliss-reactive ketones (excluding diaryl/α,β-unsaturated/α-hetero) is 1. The summed E-state index contributed by atoms with van der Waals surface area (Å²) in [7, 11) is 1.32. The Balaban J connectivity index is 2.25. The summed E-state index contributed by atoms with van der Waals surface area (Å²) in [5.41, 5.74) is 3.61. The van der Waals surface area contributed by atoms with Crippen molar-refractivity contribution in [1.82, 2.24) is 9.88 Å². The van der Waals surface area contributed by atoms with Crippen LogP contribution in [0.25, 0.3) is 0 Å². The minimum Gasteiger partial charge on any atom is -0.469 e. The van der Waals surface area contributed by atoms with Crippen molar-refractivity contribution in [2.75, 3.05) is 13.7 Å². The third kappa shape index (κ3) is 4.34. The molecule has 1 aromatic heterocycles. The van der Waals surface area contributed by atoms with E-state index in [2.05, 4.69) is 35.4 Å². The zero-order valence-corrected chi connectivity index (χ0v) is 16.5. The maximum Gasteiger partial charge on any atom is 0.307 e. The molecular formula is C20H30N2O4. The van der Waals surface area contributed by atoms with Crippen molar-refractivity contribution < 1.29 is 19.1 Å². The minimum atomic E-state index is -0.356. The first-order valence-corrected chi connectivity index (χ1v) is 9.27.